The van der Waals surface area contributed by atoms with E-state index in [0.717, 1.165) is 24.2 Å². The quantitative estimate of drug-likeness (QED) is 0.791. The average molecular weight is 278 g/mol. The fourth-order valence-electron chi connectivity index (χ4n) is 2.69. The van der Waals surface area contributed by atoms with Gasteiger partial charge >= 0.3 is 0 Å². The van der Waals surface area contributed by atoms with Crippen LogP contribution in [0.3, 0.4) is 0 Å². The molecule has 0 heterocycles. The van der Waals surface area contributed by atoms with Crippen LogP contribution in [0.2, 0.25) is 19.6 Å². The number of ether oxygens (including phenoxy) is 1. The van der Waals surface area contributed by atoms with Crippen molar-refractivity contribution in [2.75, 3.05) is 7.11 Å². The lowest BCUT2D eigenvalue weighted by Gasteiger charge is -2.35. The van der Waals surface area contributed by atoms with Crippen molar-refractivity contribution < 1.29 is 14.0 Å². The zero-order chi connectivity index (χ0) is 14.1. The molecule has 104 valence electrons. The molecule has 0 amide bonds. The topological polar surface area (TPSA) is 35.5 Å². The maximum atomic E-state index is 12.4. The van der Waals surface area contributed by atoms with Crippen molar-refractivity contribution in [1.29, 1.82) is 0 Å². The minimum atomic E-state index is -1.79. The molecule has 4 heteroatoms. The average Bonchev–Trinajstić information content (AvgIpc) is 2.70. The van der Waals surface area contributed by atoms with Gasteiger partial charge in [-0.25, -0.2) is 0 Å². The van der Waals surface area contributed by atoms with E-state index < -0.39 is 13.9 Å². The van der Waals surface area contributed by atoms with E-state index in [2.05, 4.69) is 19.6 Å². The molecule has 1 aromatic rings. The second kappa shape index (κ2) is 5.10. The van der Waals surface area contributed by atoms with Gasteiger partial charge in [0.15, 0.2) is 14.1 Å². The first kappa shape index (κ1) is 14.3. The smallest absolute Gasteiger partial charge is 0.185 e. The molecule has 0 N–H and O–H groups in total. The number of hydrogen-bond acceptors (Lipinski definition) is 3. The fourth-order valence-corrected chi connectivity index (χ4v) is 4.07. The van der Waals surface area contributed by atoms with E-state index in [-0.39, 0.29) is 5.78 Å². The number of methoxy groups -OCH3 is 1. The first-order valence-corrected chi connectivity index (χ1v) is 10.2. The summed E-state index contributed by atoms with van der Waals surface area (Å²) in [5.74, 6) is 1.03. The maximum absolute atomic E-state index is 12.4. The number of carbonyl (C=O) groups excluding carboxylic acids is 1. The van der Waals surface area contributed by atoms with Gasteiger partial charge < -0.3 is 9.16 Å². The van der Waals surface area contributed by atoms with E-state index in [9.17, 15) is 4.79 Å². The number of Topliss-reactive ketones (excluding diaryl/α,β-unsaturated/α-hetero) is 1. The summed E-state index contributed by atoms with van der Waals surface area (Å²) < 4.78 is 11.5. The number of hydrogen-bond donors (Lipinski definition) is 0. The van der Waals surface area contributed by atoms with Crippen LogP contribution in [0, 0.1) is 0 Å². The lowest BCUT2D eigenvalue weighted by molar-refractivity contribution is -0.132. The summed E-state index contributed by atoms with van der Waals surface area (Å²) in [5, 5.41) is 0. The molecular weight excluding hydrogens is 256 g/mol. The monoisotopic (exact) mass is 278 g/mol. The van der Waals surface area contributed by atoms with Gasteiger partial charge in [-0.1, -0.05) is 12.1 Å². The Morgan fingerprint density at radius 2 is 1.79 bits per heavy atom. The van der Waals surface area contributed by atoms with Gasteiger partial charge in [0.25, 0.3) is 0 Å². The third kappa shape index (κ3) is 2.90. The first-order valence-electron chi connectivity index (χ1n) is 6.75. The van der Waals surface area contributed by atoms with Crippen molar-refractivity contribution in [1.82, 2.24) is 0 Å². The number of rotatable bonds is 4. The highest BCUT2D eigenvalue weighted by molar-refractivity contribution is 6.70. The zero-order valence-corrected chi connectivity index (χ0v) is 13.2. The Morgan fingerprint density at radius 1 is 1.16 bits per heavy atom. The van der Waals surface area contributed by atoms with E-state index in [1.54, 1.807) is 7.11 Å². The second-order valence-corrected chi connectivity index (χ2v) is 10.5. The van der Waals surface area contributed by atoms with E-state index in [4.69, 9.17) is 9.16 Å². The molecule has 1 fully saturated rings. The van der Waals surface area contributed by atoms with Crippen LogP contribution >= 0.6 is 0 Å². The third-order valence-electron chi connectivity index (χ3n) is 3.42. The minimum absolute atomic E-state index is 0.222. The molecular formula is C15H22O3Si. The zero-order valence-electron chi connectivity index (χ0n) is 12.2. The van der Waals surface area contributed by atoms with Crippen molar-refractivity contribution in [3.63, 3.8) is 0 Å². The van der Waals surface area contributed by atoms with Gasteiger partial charge in [-0.05, 0) is 50.2 Å². The third-order valence-corrected chi connectivity index (χ3v) is 4.38. The molecule has 1 aromatic carbocycles. The van der Waals surface area contributed by atoms with Gasteiger partial charge in [-0.3, -0.25) is 4.79 Å². The van der Waals surface area contributed by atoms with Crippen LogP contribution in [0.25, 0.3) is 0 Å². The van der Waals surface area contributed by atoms with Crippen LogP contribution in [0.5, 0.6) is 5.75 Å². The summed E-state index contributed by atoms with van der Waals surface area (Å²) in [6, 6.07) is 7.72. The Bertz CT molecular complexity index is 461. The van der Waals surface area contributed by atoms with Gasteiger partial charge in [0.2, 0.25) is 0 Å². The SMILES string of the molecule is COc1ccc(C2(O[Si](C)(C)C)CCCC2=O)cc1. The van der Waals surface area contributed by atoms with Crippen LogP contribution < -0.4 is 4.74 Å². The van der Waals surface area contributed by atoms with Crippen LogP contribution in [-0.2, 0) is 14.8 Å². The Morgan fingerprint density at radius 3 is 2.21 bits per heavy atom. The highest BCUT2D eigenvalue weighted by atomic mass is 28.4. The van der Waals surface area contributed by atoms with Gasteiger partial charge in [-0.15, -0.1) is 0 Å². The van der Waals surface area contributed by atoms with Gasteiger partial charge in [0.05, 0.1) is 7.11 Å². The van der Waals surface area contributed by atoms with Gasteiger partial charge in [-0.2, -0.15) is 0 Å². The lowest BCUT2D eigenvalue weighted by atomic mass is 9.91. The van der Waals surface area contributed by atoms with Crippen molar-refractivity contribution >= 4 is 14.1 Å². The van der Waals surface area contributed by atoms with Gasteiger partial charge in [0, 0.05) is 6.42 Å². The molecule has 2 rings (SSSR count). The molecule has 0 bridgehead atoms. The molecule has 0 saturated heterocycles. The highest BCUT2D eigenvalue weighted by Crippen LogP contribution is 2.41. The number of ketones is 1. The van der Waals surface area contributed by atoms with Crippen molar-refractivity contribution in [2.24, 2.45) is 0 Å². The summed E-state index contributed by atoms with van der Waals surface area (Å²) in [7, 11) is -0.150. The summed E-state index contributed by atoms with van der Waals surface area (Å²) in [6.45, 7) is 6.39. The molecule has 1 atom stereocenters. The molecule has 0 aliphatic heterocycles. The van der Waals surface area contributed by atoms with E-state index in [0.29, 0.717) is 6.42 Å². The molecule has 1 saturated carbocycles. The molecule has 1 aliphatic carbocycles. The molecule has 1 aliphatic rings. The summed E-state index contributed by atoms with van der Waals surface area (Å²) >= 11 is 0. The predicted octanol–water partition coefficient (Wildman–Crippen LogP) is 3.50. The number of carbonyl (C=O) groups is 1. The Labute approximate surface area is 116 Å². The lowest BCUT2D eigenvalue weighted by Crippen LogP contribution is -2.43. The summed E-state index contributed by atoms with van der Waals surface area (Å²) in [6.07, 6.45) is 2.33. The normalized spacial score (nSPS) is 23.7. The van der Waals surface area contributed by atoms with Gasteiger partial charge in [0.1, 0.15) is 11.4 Å². The highest BCUT2D eigenvalue weighted by Gasteiger charge is 2.47. The molecule has 19 heavy (non-hydrogen) atoms. The van der Waals surface area contributed by atoms with Crippen molar-refractivity contribution in [3.8, 4) is 5.75 Å². The summed E-state index contributed by atoms with van der Waals surface area (Å²) in [4.78, 5) is 12.4. The minimum Gasteiger partial charge on any atom is -0.497 e. The van der Waals surface area contributed by atoms with Crippen LogP contribution in [0.4, 0.5) is 0 Å². The Hall–Kier alpha value is -1.13. The molecule has 3 nitrogen and oxygen atoms in total. The van der Waals surface area contributed by atoms with Crippen molar-refractivity contribution in [2.45, 2.75) is 44.5 Å². The molecule has 0 spiro atoms. The predicted molar refractivity (Wildman–Crippen MR) is 78.0 cm³/mol. The summed E-state index contributed by atoms with van der Waals surface area (Å²) in [5.41, 5.74) is 0.259. The fraction of sp³-hybridized carbons (Fsp3) is 0.533. The van der Waals surface area contributed by atoms with E-state index in [1.807, 2.05) is 24.3 Å². The largest absolute Gasteiger partial charge is 0.497 e. The maximum Gasteiger partial charge on any atom is 0.185 e. The standard InChI is InChI=1S/C15H22O3Si/c1-17-13-9-7-12(8-10-13)15(18-19(2,3)4)11-5-6-14(15)16/h7-10H,5-6,11H2,1-4H3. The van der Waals surface area contributed by atoms with Crippen LogP contribution in [0.1, 0.15) is 24.8 Å². The first-order chi connectivity index (χ1) is 8.87. The van der Waals surface area contributed by atoms with Crippen LogP contribution in [0.15, 0.2) is 24.3 Å². The van der Waals surface area contributed by atoms with Crippen LogP contribution in [-0.4, -0.2) is 21.2 Å². The molecule has 1 unspecified atom stereocenters. The van der Waals surface area contributed by atoms with Crippen molar-refractivity contribution in [3.05, 3.63) is 29.8 Å². The Balaban J connectivity index is 2.39. The molecule has 0 radical (unpaired) electrons. The van der Waals surface area contributed by atoms with E-state index >= 15 is 0 Å². The van der Waals surface area contributed by atoms with E-state index in [1.165, 1.54) is 0 Å². The Kier molecular flexibility index (Phi) is 3.83. The molecule has 0 aromatic heterocycles. The second-order valence-electron chi connectivity index (χ2n) is 6.05. The number of benzene rings is 1.